The minimum atomic E-state index is 0. The summed E-state index contributed by atoms with van der Waals surface area (Å²) >= 11 is 0. The van der Waals surface area contributed by atoms with Crippen LogP contribution in [0.15, 0.2) is 12.4 Å². The lowest BCUT2D eigenvalue weighted by molar-refractivity contribution is 0.784. The van der Waals surface area contributed by atoms with Gasteiger partial charge in [0.05, 0.1) is 5.69 Å². The van der Waals surface area contributed by atoms with Crippen LogP contribution in [-0.4, -0.2) is 29.1 Å². The van der Waals surface area contributed by atoms with Crippen LogP contribution in [0.5, 0.6) is 0 Å². The quantitative estimate of drug-likeness (QED) is 0.771. The molecule has 5 heteroatoms. The molecule has 0 spiro atoms. The molecule has 4 nitrogen and oxygen atoms in total. The Labute approximate surface area is 89.9 Å². The molecule has 0 amide bonds. The van der Waals surface area contributed by atoms with Crippen molar-refractivity contribution < 1.29 is 0 Å². The summed E-state index contributed by atoms with van der Waals surface area (Å²) < 4.78 is 0. The Balaban J connectivity index is 0.000000980. The molecule has 2 rings (SSSR count). The van der Waals surface area contributed by atoms with Gasteiger partial charge in [0.15, 0.2) is 0 Å². The van der Waals surface area contributed by atoms with Crippen LogP contribution in [0.3, 0.4) is 0 Å². The molecular formula is C9H15ClN4. The van der Waals surface area contributed by atoms with Crippen molar-refractivity contribution in [2.24, 2.45) is 0 Å². The fraction of sp³-hybridized carbons (Fsp3) is 0.556. The van der Waals surface area contributed by atoms with E-state index in [2.05, 4.69) is 20.6 Å². The number of nitrogens with zero attached hydrogens (tertiary/aromatic N) is 2. The number of hydrogen-bond acceptors (Lipinski definition) is 4. The van der Waals surface area contributed by atoms with E-state index in [9.17, 15) is 0 Å². The summed E-state index contributed by atoms with van der Waals surface area (Å²) in [6.45, 7) is 4.09. The minimum absolute atomic E-state index is 0. The van der Waals surface area contributed by atoms with E-state index in [0.717, 1.165) is 31.0 Å². The standard InChI is InChI=1S/C9H14N4.ClH/c1-7-9(12-5-4-11-7)13-8-2-3-10-6-8;/h4-5,8,10H,2-3,6H2,1H3,(H,12,13);1H/t8-;/m1./s1. The van der Waals surface area contributed by atoms with E-state index in [0.29, 0.717) is 6.04 Å². The predicted molar refractivity (Wildman–Crippen MR) is 58.9 cm³/mol. The molecule has 1 atom stereocenters. The van der Waals surface area contributed by atoms with Gasteiger partial charge in [-0.1, -0.05) is 0 Å². The second-order valence-electron chi connectivity index (χ2n) is 3.32. The van der Waals surface area contributed by atoms with Crippen LogP contribution in [-0.2, 0) is 0 Å². The Morgan fingerprint density at radius 3 is 2.86 bits per heavy atom. The van der Waals surface area contributed by atoms with E-state index in [1.807, 2.05) is 6.92 Å². The lowest BCUT2D eigenvalue weighted by Gasteiger charge is -2.12. The van der Waals surface area contributed by atoms with Crippen LogP contribution in [0.1, 0.15) is 12.1 Å². The van der Waals surface area contributed by atoms with Gasteiger partial charge in [0.25, 0.3) is 0 Å². The van der Waals surface area contributed by atoms with E-state index in [-0.39, 0.29) is 12.4 Å². The fourth-order valence-electron chi connectivity index (χ4n) is 1.52. The number of rotatable bonds is 2. The van der Waals surface area contributed by atoms with Crippen molar-refractivity contribution in [2.75, 3.05) is 18.4 Å². The van der Waals surface area contributed by atoms with Crippen LogP contribution in [0.25, 0.3) is 0 Å². The summed E-state index contributed by atoms with van der Waals surface area (Å²) in [5.41, 5.74) is 0.967. The molecule has 78 valence electrons. The Morgan fingerprint density at radius 2 is 2.21 bits per heavy atom. The third kappa shape index (κ3) is 2.56. The summed E-state index contributed by atoms with van der Waals surface area (Å²) in [6.07, 6.45) is 4.60. The molecule has 2 N–H and O–H groups in total. The predicted octanol–water partition coefficient (Wildman–Crippen LogP) is 0.981. The van der Waals surface area contributed by atoms with Crippen molar-refractivity contribution in [3.63, 3.8) is 0 Å². The van der Waals surface area contributed by atoms with Crippen molar-refractivity contribution >= 4 is 18.2 Å². The first-order valence-electron chi connectivity index (χ1n) is 4.61. The van der Waals surface area contributed by atoms with Gasteiger partial charge in [-0.25, -0.2) is 4.98 Å². The van der Waals surface area contributed by atoms with Gasteiger partial charge in [-0.2, -0.15) is 0 Å². The molecule has 1 aromatic rings. The van der Waals surface area contributed by atoms with Crippen LogP contribution in [0, 0.1) is 6.92 Å². The van der Waals surface area contributed by atoms with Crippen LogP contribution in [0.4, 0.5) is 5.82 Å². The maximum atomic E-state index is 4.24. The Morgan fingerprint density at radius 1 is 1.43 bits per heavy atom. The van der Waals surface area contributed by atoms with E-state index >= 15 is 0 Å². The van der Waals surface area contributed by atoms with Gasteiger partial charge in [0.1, 0.15) is 5.82 Å². The highest BCUT2D eigenvalue weighted by Gasteiger charge is 2.14. The average Bonchev–Trinajstić information content (AvgIpc) is 2.61. The molecule has 1 aromatic heterocycles. The minimum Gasteiger partial charge on any atom is -0.365 e. The fourth-order valence-corrected chi connectivity index (χ4v) is 1.52. The first-order chi connectivity index (χ1) is 6.36. The van der Waals surface area contributed by atoms with Gasteiger partial charge < -0.3 is 10.6 Å². The molecule has 1 fully saturated rings. The molecule has 1 saturated heterocycles. The van der Waals surface area contributed by atoms with Gasteiger partial charge in [-0.3, -0.25) is 4.98 Å². The van der Waals surface area contributed by atoms with E-state index in [1.165, 1.54) is 0 Å². The third-order valence-corrected chi connectivity index (χ3v) is 2.28. The Kier molecular flexibility index (Phi) is 4.10. The van der Waals surface area contributed by atoms with Crippen molar-refractivity contribution in [2.45, 2.75) is 19.4 Å². The van der Waals surface area contributed by atoms with E-state index in [4.69, 9.17) is 0 Å². The van der Waals surface area contributed by atoms with Crippen LogP contribution < -0.4 is 10.6 Å². The maximum Gasteiger partial charge on any atom is 0.147 e. The van der Waals surface area contributed by atoms with Gasteiger partial charge in [0.2, 0.25) is 0 Å². The summed E-state index contributed by atoms with van der Waals surface area (Å²) in [5.74, 6) is 0.913. The molecule has 1 aliphatic heterocycles. The zero-order chi connectivity index (χ0) is 9.10. The Hall–Kier alpha value is -0.870. The number of halogens is 1. The van der Waals surface area contributed by atoms with Crippen LogP contribution in [0.2, 0.25) is 0 Å². The lowest BCUT2D eigenvalue weighted by atomic mass is 10.2. The number of aromatic nitrogens is 2. The second kappa shape index (κ2) is 5.12. The topological polar surface area (TPSA) is 49.8 Å². The largest absolute Gasteiger partial charge is 0.365 e. The SMILES string of the molecule is Cc1nccnc1N[C@@H]1CCNC1.Cl. The molecule has 0 radical (unpaired) electrons. The normalized spacial score (nSPS) is 20.2. The summed E-state index contributed by atoms with van der Waals surface area (Å²) in [7, 11) is 0. The molecule has 14 heavy (non-hydrogen) atoms. The molecule has 0 aromatic carbocycles. The zero-order valence-electron chi connectivity index (χ0n) is 8.16. The number of aryl methyl sites for hydroxylation is 1. The number of hydrogen-bond donors (Lipinski definition) is 2. The molecule has 0 unspecified atom stereocenters. The summed E-state index contributed by atoms with van der Waals surface area (Å²) in [4.78, 5) is 8.42. The number of nitrogens with one attached hydrogen (secondary N) is 2. The van der Waals surface area contributed by atoms with Gasteiger partial charge in [0, 0.05) is 25.0 Å². The first-order valence-corrected chi connectivity index (χ1v) is 4.61. The second-order valence-corrected chi connectivity index (χ2v) is 3.32. The summed E-state index contributed by atoms with van der Waals surface area (Å²) in [5, 5.41) is 6.67. The monoisotopic (exact) mass is 214 g/mol. The smallest absolute Gasteiger partial charge is 0.147 e. The molecule has 2 heterocycles. The van der Waals surface area contributed by atoms with Gasteiger partial charge >= 0.3 is 0 Å². The van der Waals surface area contributed by atoms with Crippen molar-refractivity contribution in [1.82, 2.24) is 15.3 Å². The van der Waals surface area contributed by atoms with Crippen molar-refractivity contribution in [1.29, 1.82) is 0 Å². The molecular weight excluding hydrogens is 200 g/mol. The van der Waals surface area contributed by atoms with Crippen LogP contribution >= 0.6 is 12.4 Å². The van der Waals surface area contributed by atoms with Crippen molar-refractivity contribution in [3.8, 4) is 0 Å². The molecule has 1 aliphatic rings. The summed E-state index contributed by atoms with van der Waals surface area (Å²) in [6, 6.07) is 0.510. The first kappa shape index (κ1) is 11.2. The van der Waals surface area contributed by atoms with Gasteiger partial charge in [-0.05, 0) is 19.9 Å². The highest BCUT2D eigenvalue weighted by molar-refractivity contribution is 5.85. The van der Waals surface area contributed by atoms with Gasteiger partial charge in [-0.15, -0.1) is 12.4 Å². The third-order valence-electron chi connectivity index (χ3n) is 2.28. The highest BCUT2D eigenvalue weighted by Crippen LogP contribution is 2.10. The Bertz CT molecular complexity index is 286. The van der Waals surface area contributed by atoms with E-state index in [1.54, 1.807) is 12.4 Å². The number of anilines is 1. The average molecular weight is 215 g/mol. The molecule has 0 aliphatic carbocycles. The maximum absolute atomic E-state index is 4.24. The molecule has 0 saturated carbocycles. The lowest BCUT2D eigenvalue weighted by Crippen LogP contribution is -2.23. The highest BCUT2D eigenvalue weighted by atomic mass is 35.5. The van der Waals surface area contributed by atoms with E-state index < -0.39 is 0 Å². The van der Waals surface area contributed by atoms with Crippen molar-refractivity contribution in [3.05, 3.63) is 18.1 Å². The molecule has 0 bridgehead atoms. The zero-order valence-corrected chi connectivity index (χ0v) is 8.97.